The Morgan fingerprint density at radius 1 is 1.25 bits per heavy atom. The molecule has 0 spiro atoms. The highest BCUT2D eigenvalue weighted by molar-refractivity contribution is 4.85. The van der Waals surface area contributed by atoms with E-state index in [4.69, 9.17) is 4.74 Å². The molecule has 0 amide bonds. The molecule has 0 bridgehead atoms. The fourth-order valence-electron chi connectivity index (χ4n) is 2.60. The summed E-state index contributed by atoms with van der Waals surface area (Å²) in [5.41, 5.74) is 0. The van der Waals surface area contributed by atoms with E-state index < -0.39 is 5.79 Å². The molecule has 70 valence electrons. The third-order valence-corrected chi connectivity index (χ3v) is 3.14. The first-order valence-corrected chi connectivity index (χ1v) is 5.08. The van der Waals surface area contributed by atoms with E-state index in [1.165, 1.54) is 25.7 Å². The van der Waals surface area contributed by atoms with Gasteiger partial charge < -0.3 is 9.84 Å². The molecule has 2 rings (SSSR count). The molecule has 2 heteroatoms. The van der Waals surface area contributed by atoms with Crippen molar-refractivity contribution in [2.45, 2.75) is 57.3 Å². The summed E-state index contributed by atoms with van der Waals surface area (Å²) < 4.78 is 5.59. The average molecular weight is 170 g/mol. The summed E-state index contributed by atoms with van der Waals surface area (Å²) >= 11 is 0. The van der Waals surface area contributed by atoms with Gasteiger partial charge in [-0.3, -0.25) is 0 Å². The zero-order valence-electron chi connectivity index (χ0n) is 7.75. The third-order valence-electron chi connectivity index (χ3n) is 3.14. The topological polar surface area (TPSA) is 29.5 Å². The maximum absolute atomic E-state index is 9.69. The molecule has 1 aliphatic heterocycles. The zero-order chi connectivity index (χ0) is 8.60. The van der Waals surface area contributed by atoms with Crippen LogP contribution in [0.2, 0.25) is 0 Å². The highest BCUT2D eigenvalue weighted by Gasteiger charge is 2.41. The van der Waals surface area contributed by atoms with Crippen LogP contribution in [0.4, 0.5) is 0 Å². The smallest absolute Gasteiger partial charge is 0.163 e. The van der Waals surface area contributed by atoms with E-state index >= 15 is 0 Å². The third kappa shape index (κ3) is 1.64. The number of ether oxygens (including phenoxy) is 1. The predicted molar refractivity (Wildman–Crippen MR) is 46.7 cm³/mol. The molecule has 0 aromatic heterocycles. The van der Waals surface area contributed by atoms with Gasteiger partial charge in [-0.1, -0.05) is 19.3 Å². The van der Waals surface area contributed by atoms with Gasteiger partial charge in [0.1, 0.15) is 0 Å². The van der Waals surface area contributed by atoms with Gasteiger partial charge in [0.05, 0.1) is 6.10 Å². The fraction of sp³-hybridized carbons (Fsp3) is 1.00. The molecule has 2 fully saturated rings. The van der Waals surface area contributed by atoms with Crippen LogP contribution in [-0.4, -0.2) is 17.0 Å². The van der Waals surface area contributed by atoms with Gasteiger partial charge in [-0.15, -0.1) is 0 Å². The lowest BCUT2D eigenvalue weighted by Crippen LogP contribution is -2.23. The van der Waals surface area contributed by atoms with Gasteiger partial charge in [0.15, 0.2) is 5.79 Å². The van der Waals surface area contributed by atoms with Crippen molar-refractivity contribution in [2.75, 3.05) is 0 Å². The van der Waals surface area contributed by atoms with E-state index in [0.29, 0.717) is 12.0 Å². The normalized spacial score (nSPS) is 48.5. The first-order chi connectivity index (χ1) is 5.67. The lowest BCUT2D eigenvalue weighted by Gasteiger charge is -2.17. The van der Waals surface area contributed by atoms with Crippen molar-refractivity contribution in [2.24, 2.45) is 5.92 Å². The highest BCUT2D eigenvalue weighted by Crippen LogP contribution is 2.40. The van der Waals surface area contributed by atoms with Crippen molar-refractivity contribution in [1.82, 2.24) is 0 Å². The molecule has 0 radical (unpaired) electrons. The summed E-state index contributed by atoms with van der Waals surface area (Å²) in [7, 11) is 0. The zero-order valence-corrected chi connectivity index (χ0v) is 7.75. The van der Waals surface area contributed by atoms with Crippen LogP contribution >= 0.6 is 0 Å². The van der Waals surface area contributed by atoms with Crippen molar-refractivity contribution in [3.05, 3.63) is 0 Å². The van der Waals surface area contributed by atoms with Crippen LogP contribution in [0.3, 0.4) is 0 Å². The molecule has 0 aromatic rings. The van der Waals surface area contributed by atoms with Crippen LogP contribution < -0.4 is 0 Å². The monoisotopic (exact) mass is 170 g/mol. The SMILES string of the molecule is CC1(O)CC2CCCCCC2O1. The standard InChI is InChI=1S/C10H18O2/c1-10(11)7-8-5-3-2-4-6-9(8)12-10/h8-9,11H,2-7H2,1H3. The minimum Gasteiger partial charge on any atom is -0.366 e. The van der Waals surface area contributed by atoms with Gasteiger partial charge in [0.25, 0.3) is 0 Å². The molecule has 1 N–H and O–H groups in total. The van der Waals surface area contributed by atoms with E-state index in [9.17, 15) is 5.11 Å². The molecule has 1 heterocycles. The summed E-state index contributed by atoms with van der Waals surface area (Å²) in [5.74, 6) is -0.199. The Hall–Kier alpha value is -0.0800. The number of rotatable bonds is 0. The van der Waals surface area contributed by atoms with E-state index in [2.05, 4.69) is 0 Å². The van der Waals surface area contributed by atoms with Gasteiger partial charge in [0, 0.05) is 6.42 Å². The quantitative estimate of drug-likeness (QED) is 0.603. The van der Waals surface area contributed by atoms with E-state index in [0.717, 1.165) is 12.8 Å². The van der Waals surface area contributed by atoms with E-state index in [-0.39, 0.29) is 0 Å². The Morgan fingerprint density at radius 2 is 2.00 bits per heavy atom. The number of fused-ring (bicyclic) bond motifs is 1. The molecule has 0 aromatic carbocycles. The lowest BCUT2D eigenvalue weighted by atomic mass is 9.94. The second kappa shape index (κ2) is 3.00. The Morgan fingerprint density at radius 3 is 2.83 bits per heavy atom. The molecule has 2 nitrogen and oxygen atoms in total. The van der Waals surface area contributed by atoms with Gasteiger partial charge in [-0.05, 0) is 25.7 Å². The summed E-state index contributed by atoms with van der Waals surface area (Å²) in [6.07, 6.45) is 7.54. The number of hydrogen-bond acceptors (Lipinski definition) is 2. The van der Waals surface area contributed by atoms with Crippen LogP contribution in [0, 0.1) is 5.92 Å². The van der Waals surface area contributed by atoms with Gasteiger partial charge in [0.2, 0.25) is 0 Å². The van der Waals surface area contributed by atoms with Crippen molar-refractivity contribution < 1.29 is 9.84 Å². The summed E-state index contributed by atoms with van der Waals surface area (Å²) in [5, 5.41) is 9.69. The maximum Gasteiger partial charge on any atom is 0.163 e. The second-order valence-electron chi connectivity index (χ2n) is 4.43. The largest absolute Gasteiger partial charge is 0.366 e. The first kappa shape index (κ1) is 8.52. The lowest BCUT2D eigenvalue weighted by molar-refractivity contribution is -0.179. The van der Waals surface area contributed by atoms with E-state index in [1.807, 2.05) is 0 Å². The van der Waals surface area contributed by atoms with Crippen LogP contribution in [-0.2, 0) is 4.74 Å². The fourth-order valence-corrected chi connectivity index (χ4v) is 2.60. The minimum atomic E-state index is -0.827. The first-order valence-electron chi connectivity index (χ1n) is 5.08. The predicted octanol–water partition coefficient (Wildman–Crippen LogP) is 2.06. The maximum atomic E-state index is 9.69. The molecule has 2 aliphatic rings. The van der Waals surface area contributed by atoms with Crippen LogP contribution in [0.1, 0.15) is 45.4 Å². The van der Waals surface area contributed by atoms with Crippen molar-refractivity contribution in [3.8, 4) is 0 Å². The molecule has 3 unspecified atom stereocenters. The number of aliphatic hydroxyl groups is 1. The van der Waals surface area contributed by atoms with Gasteiger partial charge in [-0.25, -0.2) is 0 Å². The van der Waals surface area contributed by atoms with Crippen LogP contribution in [0.5, 0.6) is 0 Å². The molecule has 1 saturated carbocycles. The van der Waals surface area contributed by atoms with E-state index in [1.54, 1.807) is 6.92 Å². The van der Waals surface area contributed by atoms with Crippen molar-refractivity contribution in [1.29, 1.82) is 0 Å². The van der Waals surface area contributed by atoms with Crippen molar-refractivity contribution in [3.63, 3.8) is 0 Å². The summed E-state index contributed by atoms with van der Waals surface area (Å²) in [6.45, 7) is 1.79. The summed E-state index contributed by atoms with van der Waals surface area (Å²) in [6, 6.07) is 0. The molecular formula is C10H18O2. The Labute approximate surface area is 73.9 Å². The second-order valence-corrected chi connectivity index (χ2v) is 4.43. The minimum absolute atomic E-state index is 0.350. The molecule has 12 heavy (non-hydrogen) atoms. The van der Waals surface area contributed by atoms with Crippen LogP contribution in [0.25, 0.3) is 0 Å². The molecular weight excluding hydrogens is 152 g/mol. The van der Waals surface area contributed by atoms with Crippen LogP contribution in [0.15, 0.2) is 0 Å². The molecule has 1 aliphatic carbocycles. The Bertz CT molecular complexity index is 149. The highest BCUT2D eigenvalue weighted by atomic mass is 16.6. The Balaban J connectivity index is 2.02. The molecule has 1 saturated heterocycles. The average Bonchev–Trinajstić information content (AvgIpc) is 2.17. The van der Waals surface area contributed by atoms with Gasteiger partial charge >= 0.3 is 0 Å². The Kier molecular flexibility index (Phi) is 2.13. The van der Waals surface area contributed by atoms with Gasteiger partial charge in [-0.2, -0.15) is 0 Å². The number of hydrogen-bond donors (Lipinski definition) is 1. The molecule has 3 atom stereocenters. The summed E-state index contributed by atoms with van der Waals surface area (Å²) in [4.78, 5) is 0. The van der Waals surface area contributed by atoms with Crippen molar-refractivity contribution >= 4 is 0 Å².